The van der Waals surface area contributed by atoms with Crippen LogP contribution in [0.5, 0.6) is 0 Å². The molecule has 0 amide bonds. The van der Waals surface area contributed by atoms with E-state index in [1.54, 1.807) is 11.3 Å². The molecule has 0 atom stereocenters. The topological polar surface area (TPSA) is 0 Å². The van der Waals surface area contributed by atoms with Crippen molar-refractivity contribution in [2.24, 2.45) is 0 Å². The smallest absolute Gasteiger partial charge is 0.0985 e. The van der Waals surface area contributed by atoms with Gasteiger partial charge >= 0.3 is 0 Å². The lowest BCUT2D eigenvalue weighted by molar-refractivity contribution is 1.49. The van der Waals surface area contributed by atoms with E-state index < -0.39 is 0 Å². The molecule has 68 valence electrons. The molecule has 13 heavy (non-hydrogen) atoms. The van der Waals surface area contributed by atoms with E-state index in [-0.39, 0.29) is 0 Å². The standard InChI is InChI=1S/C9H5Cl2IS/c10-4-6-5-2-1-3-7(12)8(5)13-9(6)11/h1-3H,4H2. The van der Waals surface area contributed by atoms with Crippen molar-refractivity contribution < 1.29 is 0 Å². The van der Waals surface area contributed by atoms with Crippen LogP contribution in [0.3, 0.4) is 0 Å². The predicted molar refractivity (Wildman–Crippen MR) is 69.1 cm³/mol. The van der Waals surface area contributed by atoms with Crippen molar-refractivity contribution in [1.29, 1.82) is 0 Å². The third kappa shape index (κ3) is 1.69. The van der Waals surface area contributed by atoms with Gasteiger partial charge in [-0.2, -0.15) is 0 Å². The Kier molecular flexibility index (Phi) is 3.03. The fourth-order valence-corrected chi connectivity index (χ4v) is 3.84. The largest absolute Gasteiger partial charge is 0.122 e. The number of thiophene rings is 1. The van der Waals surface area contributed by atoms with Gasteiger partial charge < -0.3 is 0 Å². The molecular weight excluding hydrogens is 338 g/mol. The van der Waals surface area contributed by atoms with Gasteiger partial charge in [-0.05, 0) is 34.0 Å². The number of benzene rings is 1. The van der Waals surface area contributed by atoms with Crippen LogP contribution in [-0.4, -0.2) is 0 Å². The summed E-state index contributed by atoms with van der Waals surface area (Å²) < 4.78 is 3.29. The molecule has 0 aliphatic carbocycles. The molecule has 0 fully saturated rings. The fourth-order valence-electron chi connectivity index (χ4n) is 1.23. The number of halogens is 3. The second-order valence-corrected chi connectivity index (χ2v) is 5.66. The maximum absolute atomic E-state index is 6.07. The van der Waals surface area contributed by atoms with Crippen molar-refractivity contribution in [3.63, 3.8) is 0 Å². The molecule has 0 unspecified atom stereocenters. The van der Waals surface area contributed by atoms with Crippen molar-refractivity contribution in [2.75, 3.05) is 0 Å². The molecule has 0 nitrogen and oxygen atoms in total. The Bertz CT molecular complexity index is 450. The third-order valence-electron chi connectivity index (χ3n) is 1.85. The molecule has 0 spiro atoms. The van der Waals surface area contributed by atoms with Gasteiger partial charge in [0.25, 0.3) is 0 Å². The first-order chi connectivity index (χ1) is 6.24. The summed E-state index contributed by atoms with van der Waals surface area (Å²) in [6, 6.07) is 6.18. The summed E-state index contributed by atoms with van der Waals surface area (Å²) >= 11 is 15.8. The maximum Gasteiger partial charge on any atom is 0.0985 e. The monoisotopic (exact) mass is 342 g/mol. The van der Waals surface area contributed by atoms with E-state index in [0.717, 1.165) is 9.90 Å². The van der Waals surface area contributed by atoms with E-state index in [1.807, 2.05) is 6.07 Å². The number of hydrogen-bond acceptors (Lipinski definition) is 1. The zero-order valence-corrected chi connectivity index (χ0v) is 11.0. The zero-order valence-electron chi connectivity index (χ0n) is 6.48. The summed E-state index contributed by atoms with van der Waals surface area (Å²) in [7, 11) is 0. The van der Waals surface area contributed by atoms with E-state index in [1.165, 1.54) is 13.7 Å². The van der Waals surface area contributed by atoms with Gasteiger partial charge in [0, 0.05) is 13.8 Å². The molecule has 0 aliphatic rings. The van der Waals surface area contributed by atoms with E-state index >= 15 is 0 Å². The van der Waals surface area contributed by atoms with Crippen LogP contribution in [0.15, 0.2) is 18.2 Å². The summed E-state index contributed by atoms with van der Waals surface area (Å²) in [4.78, 5) is 0. The van der Waals surface area contributed by atoms with Crippen LogP contribution in [0.4, 0.5) is 0 Å². The number of rotatable bonds is 1. The van der Waals surface area contributed by atoms with Gasteiger partial charge in [0.15, 0.2) is 0 Å². The second-order valence-electron chi connectivity index (χ2n) is 2.60. The lowest BCUT2D eigenvalue weighted by atomic mass is 10.2. The zero-order chi connectivity index (χ0) is 9.42. The molecule has 0 saturated carbocycles. The molecule has 1 heterocycles. The van der Waals surface area contributed by atoms with Crippen LogP contribution in [0.2, 0.25) is 4.34 Å². The van der Waals surface area contributed by atoms with Crippen LogP contribution in [0.1, 0.15) is 5.56 Å². The summed E-state index contributed by atoms with van der Waals surface area (Å²) in [5.74, 6) is 0.485. The summed E-state index contributed by atoms with van der Waals surface area (Å²) in [5.41, 5.74) is 1.06. The Balaban J connectivity index is 2.86. The third-order valence-corrected chi connectivity index (χ3v) is 4.92. The summed E-state index contributed by atoms with van der Waals surface area (Å²) in [6.07, 6.45) is 0. The van der Waals surface area contributed by atoms with Crippen molar-refractivity contribution in [2.45, 2.75) is 5.88 Å². The Morgan fingerprint density at radius 3 is 2.85 bits per heavy atom. The minimum absolute atomic E-state index is 0.485. The number of alkyl halides is 1. The maximum atomic E-state index is 6.07. The van der Waals surface area contributed by atoms with Crippen LogP contribution in [0.25, 0.3) is 10.1 Å². The van der Waals surface area contributed by atoms with Crippen LogP contribution < -0.4 is 0 Å². The molecule has 2 rings (SSSR count). The van der Waals surface area contributed by atoms with E-state index in [4.69, 9.17) is 23.2 Å². The first-order valence-corrected chi connectivity index (χ1v) is 6.46. The van der Waals surface area contributed by atoms with Gasteiger partial charge in [0.1, 0.15) is 0 Å². The molecule has 0 bridgehead atoms. The average molecular weight is 343 g/mol. The van der Waals surface area contributed by atoms with Crippen molar-refractivity contribution in [1.82, 2.24) is 0 Å². The van der Waals surface area contributed by atoms with Crippen LogP contribution in [-0.2, 0) is 5.88 Å². The van der Waals surface area contributed by atoms with Crippen molar-refractivity contribution in [3.05, 3.63) is 31.7 Å². The highest BCUT2D eigenvalue weighted by atomic mass is 127. The lowest BCUT2D eigenvalue weighted by Gasteiger charge is -1.94. The Morgan fingerprint density at radius 2 is 2.15 bits per heavy atom. The van der Waals surface area contributed by atoms with Gasteiger partial charge in [-0.25, -0.2) is 0 Å². The highest BCUT2D eigenvalue weighted by Crippen LogP contribution is 2.38. The molecular formula is C9H5Cl2IS. The molecule has 0 N–H and O–H groups in total. The molecule has 1 aromatic carbocycles. The Labute approximate surface area is 104 Å². The predicted octanol–water partition coefficient (Wildman–Crippen LogP) is 4.90. The van der Waals surface area contributed by atoms with Gasteiger partial charge in [-0.1, -0.05) is 23.7 Å². The van der Waals surface area contributed by atoms with Crippen LogP contribution >= 0.6 is 57.1 Å². The van der Waals surface area contributed by atoms with Crippen molar-refractivity contribution >= 4 is 67.2 Å². The van der Waals surface area contributed by atoms with Crippen molar-refractivity contribution in [3.8, 4) is 0 Å². The minimum Gasteiger partial charge on any atom is -0.122 e. The molecule has 0 aliphatic heterocycles. The normalized spacial score (nSPS) is 11.0. The highest BCUT2D eigenvalue weighted by Gasteiger charge is 2.10. The minimum atomic E-state index is 0.485. The first-order valence-electron chi connectivity index (χ1n) is 3.65. The van der Waals surface area contributed by atoms with Gasteiger partial charge in [-0.3, -0.25) is 0 Å². The molecule has 4 heteroatoms. The molecule has 0 radical (unpaired) electrons. The van der Waals surface area contributed by atoms with Gasteiger partial charge in [-0.15, -0.1) is 22.9 Å². The van der Waals surface area contributed by atoms with Gasteiger partial charge in [0.05, 0.1) is 10.2 Å². The molecule has 2 aromatic rings. The molecule has 0 saturated heterocycles. The number of hydrogen-bond donors (Lipinski definition) is 0. The summed E-state index contributed by atoms with van der Waals surface area (Å²) in [5, 5.41) is 1.19. The quantitative estimate of drug-likeness (QED) is 0.511. The Hall–Kier alpha value is 0.490. The van der Waals surface area contributed by atoms with E-state index in [0.29, 0.717) is 5.88 Å². The van der Waals surface area contributed by atoms with E-state index in [2.05, 4.69) is 34.7 Å². The second kappa shape index (κ2) is 3.93. The lowest BCUT2D eigenvalue weighted by Crippen LogP contribution is -1.75. The van der Waals surface area contributed by atoms with Crippen LogP contribution in [0, 0.1) is 3.57 Å². The first kappa shape index (κ1) is 10.0. The molecule has 1 aromatic heterocycles. The SMILES string of the molecule is ClCc1c(Cl)sc2c(I)cccc12. The average Bonchev–Trinajstić information content (AvgIpc) is 2.43. The Morgan fingerprint density at radius 1 is 1.38 bits per heavy atom. The summed E-state index contributed by atoms with van der Waals surface area (Å²) in [6.45, 7) is 0. The van der Waals surface area contributed by atoms with E-state index in [9.17, 15) is 0 Å². The number of fused-ring (bicyclic) bond motifs is 1. The highest BCUT2D eigenvalue weighted by molar-refractivity contribution is 14.1. The fraction of sp³-hybridized carbons (Fsp3) is 0.111. The van der Waals surface area contributed by atoms with Gasteiger partial charge in [0.2, 0.25) is 0 Å².